The molecule has 3 heteroatoms. The normalized spacial score (nSPS) is 15.6. The van der Waals surface area contributed by atoms with Gasteiger partial charge in [0.25, 0.3) is 0 Å². The van der Waals surface area contributed by atoms with Gasteiger partial charge in [-0.3, -0.25) is 0 Å². The van der Waals surface area contributed by atoms with Gasteiger partial charge < -0.3 is 10.2 Å². The predicted molar refractivity (Wildman–Crippen MR) is 60.8 cm³/mol. The van der Waals surface area contributed by atoms with Crippen molar-refractivity contribution in [2.24, 2.45) is 0 Å². The number of aliphatic hydroxyl groups excluding tert-OH is 1. The number of aliphatic carboxylic acids is 1. The number of allylic oxidation sites excluding steroid dienone is 1. The number of carboxylic acids is 1. The van der Waals surface area contributed by atoms with Gasteiger partial charge in [-0.05, 0) is 36.0 Å². The second-order valence-corrected chi connectivity index (χ2v) is 3.97. The fourth-order valence-electron chi connectivity index (χ4n) is 2.11. The van der Waals surface area contributed by atoms with E-state index in [2.05, 4.69) is 0 Å². The Bertz CT molecular complexity index is 429. The molecular formula is C13H14O3. The van der Waals surface area contributed by atoms with E-state index >= 15 is 0 Å². The number of carbonyl (C=O) groups is 1. The molecule has 84 valence electrons. The van der Waals surface area contributed by atoms with Crippen LogP contribution >= 0.6 is 0 Å². The van der Waals surface area contributed by atoms with Crippen molar-refractivity contribution < 1.29 is 15.0 Å². The SMILES string of the molecule is O=C(O)C1=C(c2ccc(CO)cc2)CCC1. The molecule has 0 unspecified atom stereocenters. The fraction of sp³-hybridized carbons (Fsp3) is 0.308. The molecule has 0 atom stereocenters. The van der Waals surface area contributed by atoms with Crippen LogP contribution in [0.5, 0.6) is 0 Å². The third-order valence-corrected chi connectivity index (χ3v) is 2.96. The van der Waals surface area contributed by atoms with E-state index in [9.17, 15) is 4.79 Å². The Morgan fingerprint density at radius 2 is 1.88 bits per heavy atom. The van der Waals surface area contributed by atoms with Crippen LogP contribution in [0.1, 0.15) is 30.4 Å². The highest BCUT2D eigenvalue weighted by Gasteiger charge is 2.20. The first kappa shape index (κ1) is 10.9. The third-order valence-electron chi connectivity index (χ3n) is 2.96. The number of rotatable bonds is 3. The Kier molecular flexibility index (Phi) is 3.06. The molecule has 0 spiro atoms. The summed E-state index contributed by atoms with van der Waals surface area (Å²) in [4.78, 5) is 11.0. The van der Waals surface area contributed by atoms with Crippen LogP contribution in [0.2, 0.25) is 0 Å². The van der Waals surface area contributed by atoms with E-state index in [0.29, 0.717) is 12.0 Å². The molecular weight excluding hydrogens is 204 g/mol. The zero-order valence-corrected chi connectivity index (χ0v) is 8.94. The number of hydrogen-bond donors (Lipinski definition) is 2. The summed E-state index contributed by atoms with van der Waals surface area (Å²) in [7, 11) is 0. The van der Waals surface area contributed by atoms with E-state index in [4.69, 9.17) is 10.2 Å². The molecule has 0 fully saturated rings. The molecule has 0 aliphatic heterocycles. The van der Waals surface area contributed by atoms with E-state index in [1.807, 2.05) is 24.3 Å². The predicted octanol–water partition coefficient (Wildman–Crippen LogP) is 2.20. The van der Waals surface area contributed by atoms with Gasteiger partial charge in [-0.15, -0.1) is 0 Å². The van der Waals surface area contributed by atoms with Crippen molar-refractivity contribution in [2.75, 3.05) is 0 Å². The fourth-order valence-corrected chi connectivity index (χ4v) is 2.11. The molecule has 0 aromatic heterocycles. The second kappa shape index (κ2) is 4.49. The molecule has 2 rings (SSSR count). The molecule has 16 heavy (non-hydrogen) atoms. The third kappa shape index (κ3) is 1.99. The smallest absolute Gasteiger partial charge is 0.331 e. The highest BCUT2D eigenvalue weighted by Crippen LogP contribution is 2.33. The van der Waals surface area contributed by atoms with Crippen LogP contribution in [-0.2, 0) is 11.4 Å². The van der Waals surface area contributed by atoms with Crippen molar-refractivity contribution in [3.8, 4) is 0 Å². The topological polar surface area (TPSA) is 57.5 Å². The maximum absolute atomic E-state index is 11.0. The first-order valence-corrected chi connectivity index (χ1v) is 5.38. The van der Waals surface area contributed by atoms with E-state index in [1.165, 1.54) is 0 Å². The average molecular weight is 218 g/mol. The molecule has 2 N–H and O–H groups in total. The largest absolute Gasteiger partial charge is 0.478 e. The molecule has 0 heterocycles. The summed E-state index contributed by atoms with van der Waals surface area (Å²) in [5.41, 5.74) is 3.29. The first-order chi connectivity index (χ1) is 7.72. The summed E-state index contributed by atoms with van der Waals surface area (Å²) < 4.78 is 0. The van der Waals surface area contributed by atoms with Crippen LogP contribution < -0.4 is 0 Å². The van der Waals surface area contributed by atoms with Gasteiger partial charge in [0.05, 0.1) is 6.61 Å². The van der Waals surface area contributed by atoms with Gasteiger partial charge in [0.15, 0.2) is 0 Å². The van der Waals surface area contributed by atoms with Crippen molar-refractivity contribution >= 4 is 11.5 Å². The summed E-state index contributed by atoms with van der Waals surface area (Å²) in [5.74, 6) is -0.807. The minimum atomic E-state index is -0.807. The van der Waals surface area contributed by atoms with E-state index in [-0.39, 0.29) is 6.61 Å². The van der Waals surface area contributed by atoms with Gasteiger partial charge >= 0.3 is 5.97 Å². The average Bonchev–Trinajstić information content (AvgIpc) is 2.78. The van der Waals surface area contributed by atoms with Gasteiger partial charge in [-0.25, -0.2) is 4.79 Å². The Hall–Kier alpha value is -1.61. The standard InChI is InChI=1S/C13H14O3/c14-8-9-4-6-10(7-5-9)11-2-1-3-12(11)13(15)16/h4-7,14H,1-3,8H2,(H,15,16). The molecule has 1 aromatic rings. The molecule has 3 nitrogen and oxygen atoms in total. The second-order valence-electron chi connectivity index (χ2n) is 3.97. The summed E-state index contributed by atoms with van der Waals surface area (Å²) in [6.45, 7) is 0.0190. The Labute approximate surface area is 94.0 Å². The summed E-state index contributed by atoms with van der Waals surface area (Å²) in [6, 6.07) is 7.44. The van der Waals surface area contributed by atoms with Crippen LogP contribution in [0.4, 0.5) is 0 Å². The molecule has 0 saturated carbocycles. The van der Waals surface area contributed by atoms with Crippen LogP contribution in [-0.4, -0.2) is 16.2 Å². The van der Waals surface area contributed by atoms with Gasteiger partial charge in [0, 0.05) is 5.57 Å². The molecule has 1 aromatic carbocycles. The van der Waals surface area contributed by atoms with Crippen LogP contribution in [0, 0.1) is 0 Å². The number of benzene rings is 1. The summed E-state index contributed by atoms with van der Waals surface area (Å²) >= 11 is 0. The lowest BCUT2D eigenvalue weighted by molar-refractivity contribution is -0.132. The van der Waals surface area contributed by atoms with E-state index in [1.54, 1.807) is 0 Å². The summed E-state index contributed by atoms with van der Waals surface area (Å²) in [6.07, 6.45) is 2.41. The van der Waals surface area contributed by atoms with Crippen molar-refractivity contribution in [1.29, 1.82) is 0 Å². The lowest BCUT2D eigenvalue weighted by Gasteiger charge is -2.05. The lowest BCUT2D eigenvalue weighted by atomic mass is 10.0. The highest BCUT2D eigenvalue weighted by molar-refractivity contribution is 5.97. The molecule has 0 saturated heterocycles. The molecule has 0 radical (unpaired) electrons. The van der Waals surface area contributed by atoms with Crippen molar-refractivity contribution in [1.82, 2.24) is 0 Å². The van der Waals surface area contributed by atoms with Crippen molar-refractivity contribution in [3.05, 3.63) is 41.0 Å². The van der Waals surface area contributed by atoms with Gasteiger partial charge in [0.1, 0.15) is 0 Å². The van der Waals surface area contributed by atoms with E-state index in [0.717, 1.165) is 29.5 Å². The number of hydrogen-bond acceptors (Lipinski definition) is 2. The Morgan fingerprint density at radius 3 is 2.44 bits per heavy atom. The Morgan fingerprint density at radius 1 is 1.19 bits per heavy atom. The monoisotopic (exact) mass is 218 g/mol. The molecule has 1 aliphatic carbocycles. The highest BCUT2D eigenvalue weighted by atomic mass is 16.4. The zero-order chi connectivity index (χ0) is 11.5. The number of aliphatic hydroxyl groups is 1. The van der Waals surface area contributed by atoms with Gasteiger partial charge in [0.2, 0.25) is 0 Å². The molecule has 0 bridgehead atoms. The van der Waals surface area contributed by atoms with Crippen LogP contribution in [0.3, 0.4) is 0 Å². The van der Waals surface area contributed by atoms with Gasteiger partial charge in [-0.2, -0.15) is 0 Å². The van der Waals surface area contributed by atoms with Crippen molar-refractivity contribution in [3.63, 3.8) is 0 Å². The lowest BCUT2D eigenvalue weighted by Crippen LogP contribution is -1.99. The molecule has 1 aliphatic rings. The maximum atomic E-state index is 11.0. The minimum Gasteiger partial charge on any atom is -0.478 e. The van der Waals surface area contributed by atoms with Crippen LogP contribution in [0.25, 0.3) is 5.57 Å². The maximum Gasteiger partial charge on any atom is 0.331 e. The minimum absolute atomic E-state index is 0.0190. The zero-order valence-electron chi connectivity index (χ0n) is 8.94. The van der Waals surface area contributed by atoms with Crippen molar-refractivity contribution in [2.45, 2.75) is 25.9 Å². The molecule has 0 amide bonds. The van der Waals surface area contributed by atoms with Gasteiger partial charge in [-0.1, -0.05) is 24.3 Å². The van der Waals surface area contributed by atoms with Crippen LogP contribution in [0.15, 0.2) is 29.8 Å². The Balaban J connectivity index is 2.35. The number of carboxylic acid groups (broad SMARTS) is 1. The first-order valence-electron chi connectivity index (χ1n) is 5.38. The van der Waals surface area contributed by atoms with E-state index < -0.39 is 5.97 Å². The summed E-state index contributed by atoms with van der Waals surface area (Å²) in [5, 5.41) is 18.0. The quantitative estimate of drug-likeness (QED) is 0.817.